The second kappa shape index (κ2) is 5.98. The highest BCUT2D eigenvalue weighted by Crippen LogP contribution is 2.29. The molecule has 0 spiro atoms. The van der Waals surface area contributed by atoms with E-state index >= 15 is 0 Å². The monoisotopic (exact) mass is 396 g/mol. The van der Waals surface area contributed by atoms with E-state index < -0.39 is 0 Å². The Bertz CT molecular complexity index is 937. The van der Waals surface area contributed by atoms with Crippen LogP contribution < -0.4 is 9.54 Å². The molecule has 2 heterocycles. The van der Waals surface area contributed by atoms with Crippen molar-refractivity contribution in [2.45, 2.75) is 6.92 Å². The van der Waals surface area contributed by atoms with E-state index in [-0.39, 0.29) is 5.91 Å². The van der Waals surface area contributed by atoms with Gasteiger partial charge in [-0.2, -0.15) is 4.99 Å². The van der Waals surface area contributed by atoms with Crippen molar-refractivity contribution in [2.75, 3.05) is 7.11 Å². The lowest BCUT2D eigenvalue weighted by Crippen LogP contribution is -2.13. The highest BCUT2D eigenvalue weighted by Gasteiger charge is 2.13. The fraction of sp³-hybridized carbons (Fsp3) is 0.200. The van der Waals surface area contributed by atoms with Crippen molar-refractivity contribution in [3.8, 4) is 5.75 Å². The molecule has 0 aliphatic carbocycles. The molecular weight excluding hydrogens is 384 g/mol. The van der Waals surface area contributed by atoms with Gasteiger partial charge in [-0.05, 0) is 46.6 Å². The predicted molar refractivity (Wildman–Crippen MR) is 94.0 cm³/mol. The van der Waals surface area contributed by atoms with Crippen LogP contribution in [0.15, 0.2) is 33.0 Å². The largest absolute Gasteiger partial charge is 0.495 e. The molecule has 7 heteroatoms. The summed E-state index contributed by atoms with van der Waals surface area (Å²) in [6.45, 7) is 2.04. The first-order valence-corrected chi connectivity index (χ1v) is 8.91. The van der Waals surface area contributed by atoms with Gasteiger partial charge in [-0.25, -0.2) is 0 Å². The number of thiazole rings is 1. The van der Waals surface area contributed by atoms with Crippen molar-refractivity contribution in [3.63, 3.8) is 0 Å². The smallest absolute Gasteiger partial charge is 0.289 e. The topological polar surface area (TPSA) is 43.6 Å². The summed E-state index contributed by atoms with van der Waals surface area (Å²) in [7, 11) is 3.55. The van der Waals surface area contributed by atoms with Crippen molar-refractivity contribution in [2.24, 2.45) is 12.0 Å². The van der Waals surface area contributed by atoms with Crippen LogP contribution >= 0.6 is 38.6 Å². The van der Waals surface area contributed by atoms with E-state index in [0.717, 1.165) is 25.3 Å². The zero-order chi connectivity index (χ0) is 15.9. The molecule has 0 atom stereocenters. The van der Waals surface area contributed by atoms with Crippen LogP contribution in [0.3, 0.4) is 0 Å². The molecule has 0 fully saturated rings. The maximum absolute atomic E-state index is 12.3. The number of amides is 1. The number of rotatable bonds is 2. The highest BCUT2D eigenvalue weighted by molar-refractivity contribution is 9.11. The number of methoxy groups -OCH3 is 1. The lowest BCUT2D eigenvalue weighted by molar-refractivity contribution is 0.100. The van der Waals surface area contributed by atoms with Gasteiger partial charge in [0.1, 0.15) is 11.3 Å². The number of hydrogen-bond acceptors (Lipinski definition) is 4. The van der Waals surface area contributed by atoms with Crippen LogP contribution in [0.1, 0.15) is 15.2 Å². The van der Waals surface area contributed by atoms with Crippen LogP contribution in [0, 0.1) is 6.92 Å². The van der Waals surface area contributed by atoms with Crippen LogP contribution in [0.2, 0.25) is 0 Å². The zero-order valence-corrected chi connectivity index (χ0v) is 15.4. The van der Waals surface area contributed by atoms with Crippen LogP contribution in [-0.4, -0.2) is 17.6 Å². The second-order valence-electron chi connectivity index (χ2n) is 4.73. The number of nitrogens with zero attached hydrogens (tertiary/aromatic N) is 2. The van der Waals surface area contributed by atoms with Gasteiger partial charge >= 0.3 is 0 Å². The van der Waals surface area contributed by atoms with Crippen molar-refractivity contribution in [1.82, 2.24) is 4.57 Å². The number of halogens is 1. The molecule has 3 rings (SSSR count). The molecule has 0 N–H and O–H groups in total. The van der Waals surface area contributed by atoms with Gasteiger partial charge in [0, 0.05) is 7.05 Å². The minimum absolute atomic E-state index is 0.227. The molecule has 22 heavy (non-hydrogen) atoms. The summed E-state index contributed by atoms with van der Waals surface area (Å²) in [5, 5.41) is 0. The molecule has 3 aromatic rings. The third-order valence-corrected chi connectivity index (χ3v) is 6.19. The van der Waals surface area contributed by atoms with Gasteiger partial charge in [0.25, 0.3) is 5.91 Å². The fourth-order valence-electron chi connectivity index (χ4n) is 2.19. The van der Waals surface area contributed by atoms with E-state index in [1.54, 1.807) is 13.2 Å². The summed E-state index contributed by atoms with van der Waals surface area (Å²) in [6.07, 6.45) is 0. The Morgan fingerprint density at radius 2 is 2.05 bits per heavy atom. The lowest BCUT2D eigenvalue weighted by atomic mass is 10.2. The average Bonchev–Trinajstić information content (AvgIpc) is 3.06. The molecule has 2 aromatic heterocycles. The molecular formula is C15H13BrN2O2S2. The standard InChI is InChI=1S/C15H13BrN2O2S2/c1-8-4-5-9(20-3)12-13(8)22-15(18(12)2)17-14(19)10-6-7-11(16)21-10/h4-7H,1-3H3. The summed E-state index contributed by atoms with van der Waals surface area (Å²) >= 11 is 6.24. The molecule has 0 saturated carbocycles. The summed E-state index contributed by atoms with van der Waals surface area (Å²) in [4.78, 5) is 17.8. The number of aryl methyl sites for hydroxylation is 2. The molecule has 0 aliphatic heterocycles. The summed E-state index contributed by atoms with van der Waals surface area (Å²) in [6, 6.07) is 7.58. The third kappa shape index (κ3) is 2.64. The number of hydrogen-bond donors (Lipinski definition) is 0. The maximum Gasteiger partial charge on any atom is 0.289 e. The first kappa shape index (κ1) is 15.5. The van der Waals surface area contributed by atoms with E-state index in [2.05, 4.69) is 20.9 Å². The normalized spacial score (nSPS) is 12.1. The number of fused-ring (bicyclic) bond motifs is 1. The van der Waals surface area contributed by atoms with Crippen LogP contribution in [-0.2, 0) is 7.05 Å². The lowest BCUT2D eigenvalue weighted by Gasteiger charge is -2.05. The van der Waals surface area contributed by atoms with Gasteiger partial charge in [0.15, 0.2) is 4.80 Å². The highest BCUT2D eigenvalue weighted by atomic mass is 79.9. The molecule has 0 aliphatic rings. The molecule has 114 valence electrons. The number of benzene rings is 1. The second-order valence-corrected chi connectivity index (χ2v) is 8.17. The zero-order valence-electron chi connectivity index (χ0n) is 12.2. The summed E-state index contributed by atoms with van der Waals surface area (Å²) in [5.41, 5.74) is 2.11. The van der Waals surface area contributed by atoms with Gasteiger partial charge in [-0.3, -0.25) is 4.79 Å². The van der Waals surface area contributed by atoms with Crippen molar-refractivity contribution < 1.29 is 9.53 Å². The number of carbonyl (C=O) groups is 1. The van der Waals surface area contributed by atoms with Crippen molar-refractivity contribution in [3.05, 3.63) is 43.3 Å². The van der Waals surface area contributed by atoms with Gasteiger partial charge < -0.3 is 9.30 Å². The number of carbonyl (C=O) groups excluding carboxylic acids is 1. The first-order chi connectivity index (χ1) is 10.5. The molecule has 1 aromatic carbocycles. The Morgan fingerprint density at radius 3 is 2.68 bits per heavy atom. The Morgan fingerprint density at radius 1 is 1.27 bits per heavy atom. The van der Waals surface area contributed by atoms with Gasteiger partial charge in [-0.1, -0.05) is 17.4 Å². The Hall–Kier alpha value is -1.44. The molecule has 1 amide bonds. The molecule has 0 saturated heterocycles. The molecule has 0 radical (unpaired) electrons. The van der Waals surface area contributed by atoms with Gasteiger partial charge in [-0.15, -0.1) is 11.3 Å². The first-order valence-electron chi connectivity index (χ1n) is 6.48. The quantitative estimate of drug-likeness (QED) is 0.653. The number of thiophene rings is 1. The molecule has 0 unspecified atom stereocenters. The predicted octanol–water partition coefficient (Wildman–Crippen LogP) is 4.12. The number of ether oxygens (including phenoxy) is 1. The van der Waals surface area contributed by atoms with Crippen molar-refractivity contribution >= 4 is 54.7 Å². The van der Waals surface area contributed by atoms with E-state index in [9.17, 15) is 4.79 Å². The fourth-order valence-corrected chi connectivity index (χ4v) is 4.56. The van der Waals surface area contributed by atoms with E-state index in [1.165, 1.54) is 22.7 Å². The van der Waals surface area contributed by atoms with E-state index in [4.69, 9.17) is 4.74 Å². The molecule has 0 bridgehead atoms. The summed E-state index contributed by atoms with van der Waals surface area (Å²) in [5.74, 6) is 0.557. The van der Waals surface area contributed by atoms with E-state index in [0.29, 0.717) is 9.68 Å². The van der Waals surface area contributed by atoms with Gasteiger partial charge in [0.05, 0.1) is 20.5 Å². The van der Waals surface area contributed by atoms with Crippen LogP contribution in [0.25, 0.3) is 10.2 Å². The minimum Gasteiger partial charge on any atom is -0.495 e. The Labute approximate surface area is 143 Å². The SMILES string of the molecule is COc1ccc(C)c2sc(=NC(=O)c3ccc(Br)s3)n(C)c12. The van der Waals surface area contributed by atoms with Gasteiger partial charge in [0.2, 0.25) is 0 Å². The molecule has 4 nitrogen and oxygen atoms in total. The number of aromatic nitrogens is 1. The van der Waals surface area contributed by atoms with Crippen molar-refractivity contribution in [1.29, 1.82) is 0 Å². The Balaban J connectivity index is 2.19. The third-order valence-electron chi connectivity index (χ3n) is 3.31. The minimum atomic E-state index is -0.227. The summed E-state index contributed by atoms with van der Waals surface area (Å²) < 4.78 is 9.34. The van der Waals surface area contributed by atoms with Crippen LogP contribution in [0.4, 0.5) is 0 Å². The van der Waals surface area contributed by atoms with Crippen LogP contribution in [0.5, 0.6) is 5.75 Å². The maximum atomic E-state index is 12.3. The van der Waals surface area contributed by atoms with E-state index in [1.807, 2.05) is 36.7 Å². The average molecular weight is 397 g/mol. The Kier molecular flexibility index (Phi) is 4.20.